The van der Waals surface area contributed by atoms with E-state index in [1.54, 1.807) is 32.9 Å². The molecular weight excluding hydrogens is 390 g/mol. The van der Waals surface area contributed by atoms with E-state index in [-0.39, 0.29) is 5.91 Å². The predicted molar refractivity (Wildman–Crippen MR) is 96.0 cm³/mol. The fourth-order valence-electron chi connectivity index (χ4n) is 2.16. The molecule has 0 atom stereocenters. The number of aromatic nitrogens is 2. The highest BCUT2D eigenvalue weighted by Gasteiger charge is 2.29. The first-order valence-electron chi connectivity index (χ1n) is 7.92. The molecule has 0 spiro atoms. The molecular formula is C17H22BrN3O4. The molecule has 0 radical (unpaired) electrons. The lowest BCUT2D eigenvalue weighted by atomic mass is 10.0. The van der Waals surface area contributed by atoms with E-state index in [0.717, 1.165) is 6.42 Å². The first-order valence-corrected chi connectivity index (χ1v) is 8.71. The first-order chi connectivity index (χ1) is 11.8. The van der Waals surface area contributed by atoms with Crippen molar-refractivity contribution in [3.63, 3.8) is 0 Å². The summed E-state index contributed by atoms with van der Waals surface area (Å²) in [6.45, 7) is 7.89. The molecule has 0 aliphatic carbocycles. The number of ether oxygens (including phenoxy) is 2. The van der Waals surface area contributed by atoms with Gasteiger partial charge in [0.15, 0.2) is 17.3 Å². The average molecular weight is 412 g/mol. The van der Waals surface area contributed by atoms with E-state index >= 15 is 0 Å². The molecule has 1 amide bonds. The molecule has 1 heterocycles. The van der Waals surface area contributed by atoms with Gasteiger partial charge in [0.2, 0.25) is 5.89 Å². The van der Waals surface area contributed by atoms with Crippen LogP contribution in [0.15, 0.2) is 21.1 Å². The van der Waals surface area contributed by atoms with Crippen LogP contribution in [-0.4, -0.2) is 29.8 Å². The molecule has 2 aromatic rings. The summed E-state index contributed by atoms with van der Waals surface area (Å²) in [6, 6.07) is 3.34. The Kier molecular flexibility index (Phi) is 6.05. The minimum Gasteiger partial charge on any atom is -0.493 e. The second-order valence-electron chi connectivity index (χ2n) is 6.05. The van der Waals surface area contributed by atoms with Gasteiger partial charge in [0.1, 0.15) is 0 Å². The van der Waals surface area contributed by atoms with E-state index in [9.17, 15) is 4.79 Å². The van der Waals surface area contributed by atoms with Crippen molar-refractivity contribution >= 4 is 21.8 Å². The molecule has 0 saturated carbocycles. The van der Waals surface area contributed by atoms with Crippen LogP contribution >= 0.6 is 15.9 Å². The molecule has 0 saturated heterocycles. The van der Waals surface area contributed by atoms with Gasteiger partial charge in [-0.15, -0.1) is 0 Å². The molecule has 136 valence electrons. The van der Waals surface area contributed by atoms with Crippen LogP contribution in [0.1, 0.15) is 49.3 Å². The fraction of sp³-hybridized carbons (Fsp3) is 0.471. The van der Waals surface area contributed by atoms with Crippen LogP contribution in [-0.2, 0) is 5.54 Å². The molecule has 0 fully saturated rings. The van der Waals surface area contributed by atoms with Crippen molar-refractivity contribution in [2.45, 2.75) is 39.7 Å². The molecule has 0 bridgehead atoms. The molecule has 0 aliphatic heterocycles. The van der Waals surface area contributed by atoms with Crippen LogP contribution in [0.2, 0.25) is 0 Å². The lowest BCUT2D eigenvalue weighted by Gasteiger charge is -2.23. The van der Waals surface area contributed by atoms with E-state index in [2.05, 4.69) is 31.4 Å². The molecule has 0 unspecified atom stereocenters. The Morgan fingerprint density at radius 3 is 2.68 bits per heavy atom. The van der Waals surface area contributed by atoms with Crippen LogP contribution in [0.3, 0.4) is 0 Å². The first kappa shape index (κ1) is 19.2. The minimum absolute atomic E-state index is 0.284. The largest absolute Gasteiger partial charge is 0.493 e. The summed E-state index contributed by atoms with van der Waals surface area (Å²) in [5.41, 5.74) is -0.354. The van der Waals surface area contributed by atoms with Gasteiger partial charge in [0, 0.05) is 12.5 Å². The number of methoxy groups -OCH3 is 1. The number of nitrogens with one attached hydrogen (secondary N) is 1. The number of benzene rings is 1. The van der Waals surface area contributed by atoms with Crippen molar-refractivity contribution in [2.75, 3.05) is 13.7 Å². The highest BCUT2D eigenvalue weighted by Crippen LogP contribution is 2.37. The third kappa shape index (κ3) is 4.50. The molecule has 2 rings (SSSR count). The number of rotatable bonds is 7. The van der Waals surface area contributed by atoms with Crippen molar-refractivity contribution in [3.05, 3.63) is 33.9 Å². The number of halogens is 1. The Labute approximate surface area is 155 Å². The molecule has 7 nitrogen and oxygen atoms in total. The van der Waals surface area contributed by atoms with E-state index in [1.807, 2.05) is 6.92 Å². The quantitative estimate of drug-likeness (QED) is 0.748. The lowest BCUT2D eigenvalue weighted by molar-refractivity contribution is 0.0907. The summed E-state index contributed by atoms with van der Waals surface area (Å²) >= 11 is 3.44. The van der Waals surface area contributed by atoms with E-state index in [0.29, 0.717) is 39.9 Å². The maximum atomic E-state index is 12.7. The van der Waals surface area contributed by atoms with E-state index in [4.69, 9.17) is 14.0 Å². The number of hydrogen-bond donors (Lipinski definition) is 1. The topological polar surface area (TPSA) is 86.5 Å². The van der Waals surface area contributed by atoms with Gasteiger partial charge in [-0.2, -0.15) is 4.98 Å². The van der Waals surface area contributed by atoms with Crippen molar-refractivity contribution in [3.8, 4) is 11.5 Å². The van der Waals surface area contributed by atoms with Crippen LogP contribution in [0.5, 0.6) is 11.5 Å². The van der Waals surface area contributed by atoms with Crippen molar-refractivity contribution in [1.29, 1.82) is 0 Å². The standard InChI is InChI=1S/C17H22BrN3O4/c1-6-7-24-14-12(18)8-11(9-13(14)23-5)15(22)20-17(3,4)16-19-10(2)25-21-16/h8-9H,6-7H2,1-5H3,(H,20,22). The normalized spacial score (nSPS) is 11.3. The summed E-state index contributed by atoms with van der Waals surface area (Å²) in [4.78, 5) is 16.9. The van der Waals surface area contributed by atoms with Gasteiger partial charge in [0.25, 0.3) is 5.91 Å². The van der Waals surface area contributed by atoms with Gasteiger partial charge in [-0.1, -0.05) is 12.1 Å². The van der Waals surface area contributed by atoms with Gasteiger partial charge in [0.05, 0.1) is 23.7 Å². The van der Waals surface area contributed by atoms with Gasteiger partial charge >= 0.3 is 0 Å². The molecule has 1 N–H and O–H groups in total. The van der Waals surface area contributed by atoms with Gasteiger partial charge in [-0.3, -0.25) is 4.79 Å². The summed E-state index contributed by atoms with van der Waals surface area (Å²) in [7, 11) is 1.54. The fourth-order valence-corrected chi connectivity index (χ4v) is 2.72. The second kappa shape index (κ2) is 7.86. The monoisotopic (exact) mass is 411 g/mol. The number of amides is 1. The molecule has 1 aromatic carbocycles. The average Bonchev–Trinajstić information content (AvgIpc) is 3.00. The van der Waals surface area contributed by atoms with Crippen LogP contribution in [0.4, 0.5) is 0 Å². The predicted octanol–water partition coefficient (Wildman–Crippen LogP) is 3.60. The smallest absolute Gasteiger partial charge is 0.252 e. The number of hydrogen-bond acceptors (Lipinski definition) is 6. The van der Waals surface area contributed by atoms with E-state index in [1.165, 1.54) is 7.11 Å². The third-order valence-electron chi connectivity index (χ3n) is 3.45. The molecule has 1 aromatic heterocycles. The zero-order valence-corrected chi connectivity index (χ0v) is 16.6. The Bertz CT molecular complexity index is 758. The van der Waals surface area contributed by atoms with Gasteiger partial charge < -0.3 is 19.3 Å². The number of aryl methyl sites for hydroxylation is 1. The lowest BCUT2D eigenvalue weighted by Crippen LogP contribution is -2.41. The second-order valence-corrected chi connectivity index (χ2v) is 6.91. The Balaban J connectivity index is 2.25. The Morgan fingerprint density at radius 1 is 1.40 bits per heavy atom. The number of carbonyl (C=O) groups excluding carboxylic acids is 1. The van der Waals surface area contributed by atoms with Crippen molar-refractivity contribution in [1.82, 2.24) is 15.5 Å². The zero-order chi connectivity index (χ0) is 18.6. The number of carbonyl (C=O) groups is 1. The molecule has 0 aliphatic rings. The number of nitrogens with zero attached hydrogens (tertiary/aromatic N) is 2. The maximum Gasteiger partial charge on any atom is 0.252 e. The highest BCUT2D eigenvalue weighted by molar-refractivity contribution is 9.10. The van der Waals surface area contributed by atoms with Gasteiger partial charge in [-0.25, -0.2) is 0 Å². The van der Waals surface area contributed by atoms with Crippen LogP contribution < -0.4 is 14.8 Å². The Morgan fingerprint density at radius 2 is 2.12 bits per heavy atom. The summed E-state index contributed by atoms with van der Waals surface area (Å²) in [5.74, 6) is 1.63. The summed E-state index contributed by atoms with van der Waals surface area (Å²) < 4.78 is 16.7. The molecule has 25 heavy (non-hydrogen) atoms. The van der Waals surface area contributed by atoms with E-state index < -0.39 is 5.54 Å². The highest BCUT2D eigenvalue weighted by atomic mass is 79.9. The summed E-state index contributed by atoms with van der Waals surface area (Å²) in [5, 5.41) is 6.78. The summed E-state index contributed by atoms with van der Waals surface area (Å²) in [6.07, 6.45) is 0.871. The van der Waals surface area contributed by atoms with Crippen molar-refractivity contribution < 1.29 is 18.8 Å². The van der Waals surface area contributed by atoms with Gasteiger partial charge in [-0.05, 0) is 48.3 Å². The maximum absolute atomic E-state index is 12.7. The van der Waals surface area contributed by atoms with Crippen LogP contribution in [0.25, 0.3) is 0 Å². The van der Waals surface area contributed by atoms with Crippen molar-refractivity contribution in [2.24, 2.45) is 0 Å². The Hall–Kier alpha value is -2.09. The molecule has 8 heteroatoms. The zero-order valence-electron chi connectivity index (χ0n) is 15.0. The third-order valence-corrected chi connectivity index (χ3v) is 4.04. The van der Waals surface area contributed by atoms with Crippen LogP contribution in [0, 0.1) is 6.92 Å². The SMILES string of the molecule is CCCOc1c(Br)cc(C(=O)NC(C)(C)c2noc(C)n2)cc1OC. The minimum atomic E-state index is -0.786.